The first-order valence-electron chi connectivity index (χ1n) is 6.57. The third-order valence-corrected chi connectivity index (χ3v) is 3.36. The van der Waals surface area contributed by atoms with Crippen molar-refractivity contribution in [2.75, 3.05) is 19.6 Å². The van der Waals surface area contributed by atoms with Crippen LogP contribution in [0.5, 0.6) is 0 Å². The molecule has 1 aliphatic rings. The van der Waals surface area contributed by atoms with Crippen LogP contribution in [0.4, 0.5) is 0 Å². The van der Waals surface area contributed by atoms with Gasteiger partial charge in [0.1, 0.15) is 0 Å². The van der Waals surface area contributed by atoms with Gasteiger partial charge >= 0.3 is 0 Å². The minimum Gasteiger partial charge on any atom is -0.303 e. The normalized spacial score (nSPS) is 19.0. The monoisotopic (exact) mass is 218 g/mol. The zero-order valence-corrected chi connectivity index (χ0v) is 10.1. The Bertz CT molecular complexity index is 276. The Labute approximate surface area is 98.7 Å². The minimum absolute atomic E-state index is 1.10. The second-order valence-electron chi connectivity index (χ2n) is 4.68. The van der Waals surface area contributed by atoms with E-state index in [9.17, 15) is 0 Å². The molecular formula is C14H22N2. The molecule has 2 nitrogen and oxygen atoms in total. The lowest BCUT2D eigenvalue weighted by atomic mass is 10.1. The van der Waals surface area contributed by atoms with Crippen molar-refractivity contribution in [2.24, 2.45) is 0 Å². The summed E-state index contributed by atoms with van der Waals surface area (Å²) in [4.78, 5) is 6.98. The first kappa shape index (κ1) is 11.6. The summed E-state index contributed by atoms with van der Waals surface area (Å²) >= 11 is 0. The molecule has 1 saturated heterocycles. The quantitative estimate of drug-likeness (QED) is 0.775. The molecule has 1 aromatic rings. The van der Waals surface area contributed by atoms with Crippen molar-refractivity contribution >= 4 is 0 Å². The van der Waals surface area contributed by atoms with E-state index in [0.29, 0.717) is 0 Å². The van der Waals surface area contributed by atoms with Crippen LogP contribution in [0.15, 0.2) is 24.4 Å². The van der Waals surface area contributed by atoms with E-state index >= 15 is 0 Å². The summed E-state index contributed by atoms with van der Waals surface area (Å²) in [6, 6.07) is 6.19. The predicted octanol–water partition coefficient (Wildman–Crippen LogP) is 2.89. The Morgan fingerprint density at radius 1 is 1.00 bits per heavy atom. The highest BCUT2D eigenvalue weighted by Crippen LogP contribution is 2.10. The van der Waals surface area contributed by atoms with Crippen LogP contribution in [0.1, 0.15) is 37.8 Å². The number of rotatable bonds is 3. The third-order valence-electron chi connectivity index (χ3n) is 3.36. The predicted molar refractivity (Wildman–Crippen MR) is 67.5 cm³/mol. The SMILES string of the molecule is c1ccc(CCN2CCCCCCC2)nc1. The Kier molecular flexibility index (Phi) is 4.81. The molecule has 0 bridgehead atoms. The smallest absolute Gasteiger partial charge is 0.0416 e. The fraction of sp³-hybridized carbons (Fsp3) is 0.643. The lowest BCUT2D eigenvalue weighted by molar-refractivity contribution is 0.249. The van der Waals surface area contributed by atoms with E-state index in [1.165, 1.54) is 57.4 Å². The van der Waals surface area contributed by atoms with E-state index < -0.39 is 0 Å². The molecule has 88 valence electrons. The highest BCUT2D eigenvalue weighted by atomic mass is 15.1. The Morgan fingerprint density at radius 3 is 2.44 bits per heavy atom. The maximum atomic E-state index is 4.38. The molecule has 0 aromatic carbocycles. The maximum absolute atomic E-state index is 4.38. The van der Waals surface area contributed by atoms with Gasteiger partial charge in [-0.3, -0.25) is 4.98 Å². The van der Waals surface area contributed by atoms with Crippen LogP contribution in [0.3, 0.4) is 0 Å². The fourth-order valence-electron chi connectivity index (χ4n) is 2.36. The van der Waals surface area contributed by atoms with Crippen molar-refractivity contribution in [1.29, 1.82) is 0 Å². The number of nitrogens with zero attached hydrogens (tertiary/aromatic N) is 2. The van der Waals surface area contributed by atoms with Crippen LogP contribution in [0.25, 0.3) is 0 Å². The summed E-state index contributed by atoms with van der Waals surface area (Å²) in [5.41, 5.74) is 1.23. The van der Waals surface area contributed by atoms with E-state index in [2.05, 4.69) is 22.0 Å². The number of pyridine rings is 1. The molecule has 2 heteroatoms. The van der Waals surface area contributed by atoms with E-state index in [1.54, 1.807) is 0 Å². The standard InChI is InChI=1S/C14H22N2/c1-2-6-11-16(12-7-3-1)13-9-14-8-4-5-10-15-14/h4-5,8,10H,1-3,6-7,9,11-13H2. The van der Waals surface area contributed by atoms with Crippen molar-refractivity contribution in [3.8, 4) is 0 Å². The van der Waals surface area contributed by atoms with Crippen molar-refractivity contribution in [3.05, 3.63) is 30.1 Å². The van der Waals surface area contributed by atoms with Crippen molar-refractivity contribution in [3.63, 3.8) is 0 Å². The van der Waals surface area contributed by atoms with Crippen molar-refractivity contribution in [1.82, 2.24) is 9.88 Å². The van der Waals surface area contributed by atoms with Crippen LogP contribution in [0, 0.1) is 0 Å². The zero-order chi connectivity index (χ0) is 11.1. The Balaban J connectivity index is 1.75. The highest BCUT2D eigenvalue weighted by molar-refractivity contribution is 5.03. The van der Waals surface area contributed by atoms with E-state index in [0.717, 1.165) is 6.42 Å². The summed E-state index contributed by atoms with van der Waals surface area (Å²) in [6.07, 6.45) is 10.0. The number of aromatic nitrogens is 1. The second-order valence-corrected chi connectivity index (χ2v) is 4.68. The van der Waals surface area contributed by atoms with E-state index in [1.807, 2.05) is 12.3 Å². The van der Waals surface area contributed by atoms with Gasteiger partial charge in [0.15, 0.2) is 0 Å². The van der Waals surface area contributed by atoms with Gasteiger partial charge in [0.2, 0.25) is 0 Å². The summed E-state index contributed by atoms with van der Waals surface area (Å²) in [7, 11) is 0. The average Bonchev–Trinajstić information content (AvgIpc) is 2.29. The molecule has 0 spiro atoms. The molecule has 1 aromatic heterocycles. The molecule has 16 heavy (non-hydrogen) atoms. The van der Waals surface area contributed by atoms with E-state index in [-0.39, 0.29) is 0 Å². The first-order valence-corrected chi connectivity index (χ1v) is 6.57. The van der Waals surface area contributed by atoms with Gasteiger partial charge in [-0.15, -0.1) is 0 Å². The zero-order valence-electron chi connectivity index (χ0n) is 10.1. The van der Waals surface area contributed by atoms with Crippen LogP contribution in [-0.2, 0) is 6.42 Å². The maximum Gasteiger partial charge on any atom is 0.0416 e. The molecule has 1 aliphatic heterocycles. The van der Waals surface area contributed by atoms with E-state index in [4.69, 9.17) is 0 Å². The molecule has 0 aliphatic carbocycles. The van der Waals surface area contributed by atoms with Gasteiger partial charge in [0, 0.05) is 24.9 Å². The summed E-state index contributed by atoms with van der Waals surface area (Å²) in [6.45, 7) is 3.75. The first-order chi connectivity index (χ1) is 7.95. The Hall–Kier alpha value is -0.890. The molecule has 0 saturated carbocycles. The lowest BCUT2D eigenvalue weighted by Gasteiger charge is -2.24. The molecular weight excluding hydrogens is 196 g/mol. The molecule has 1 fully saturated rings. The van der Waals surface area contributed by atoms with Crippen LogP contribution in [0.2, 0.25) is 0 Å². The molecule has 2 heterocycles. The largest absolute Gasteiger partial charge is 0.303 e. The summed E-state index contributed by atoms with van der Waals surface area (Å²) in [5, 5.41) is 0. The number of hydrogen-bond acceptors (Lipinski definition) is 2. The molecule has 0 amide bonds. The third kappa shape index (κ3) is 3.93. The van der Waals surface area contributed by atoms with Gasteiger partial charge in [0.25, 0.3) is 0 Å². The molecule has 0 radical (unpaired) electrons. The van der Waals surface area contributed by atoms with Crippen LogP contribution < -0.4 is 0 Å². The lowest BCUT2D eigenvalue weighted by Crippen LogP contribution is -2.29. The fourth-order valence-corrected chi connectivity index (χ4v) is 2.36. The number of likely N-dealkylation sites (tertiary alicyclic amines) is 1. The topological polar surface area (TPSA) is 16.1 Å². The summed E-state index contributed by atoms with van der Waals surface area (Å²) in [5.74, 6) is 0. The minimum atomic E-state index is 1.10. The van der Waals surface area contributed by atoms with Crippen molar-refractivity contribution in [2.45, 2.75) is 38.5 Å². The molecule has 2 rings (SSSR count). The molecule has 0 atom stereocenters. The molecule has 0 unspecified atom stereocenters. The second kappa shape index (κ2) is 6.64. The van der Waals surface area contributed by atoms with Crippen LogP contribution in [-0.4, -0.2) is 29.5 Å². The average molecular weight is 218 g/mol. The van der Waals surface area contributed by atoms with Crippen molar-refractivity contribution < 1.29 is 0 Å². The Morgan fingerprint density at radius 2 is 1.75 bits per heavy atom. The summed E-state index contributed by atoms with van der Waals surface area (Å²) < 4.78 is 0. The van der Waals surface area contributed by atoms with Gasteiger partial charge in [-0.05, 0) is 38.1 Å². The van der Waals surface area contributed by atoms with Gasteiger partial charge in [-0.25, -0.2) is 0 Å². The molecule has 0 N–H and O–H groups in total. The van der Waals surface area contributed by atoms with Gasteiger partial charge in [-0.2, -0.15) is 0 Å². The number of hydrogen-bond donors (Lipinski definition) is 0. The van der Waals surface area contributed by atoms with Gasteiger partial charge in [0.05, 0.1) is 0 Å². The van der Waals surface area contributed by atoms with Crippen LogP contribution >= 0.6 is 0 Å². The van der Waals surface area contributed by atoms with Gasteiger partial charge in [-0.1, -0.05) is 25.3 Å². The highest BCUT2D eigenvalue weighted by Gasteiger charge is 2.07. The van der Waals surface area contributed by atoms with Gasteiger partial charge < -0.3 is 4.90 Å².